The Morgan fingerprint density at radius 3 is 2.74 bits per heavy atom. The van der Waals surface area contributed by atoms with E-state index in [-0.39, 0.29) is 29.9 Å². The summed E-state index contributed by atoms with van der Waals surface area (Å²) in [5.41, 5.74) is 2.63. The lowest BCUT2D eigenvalue weighted by Crippen LogP contribution is -2.43. The highest BCUT2D eigenvalue weighted by molar-refractivity contribution is 8.00. The van der Waals surface area contributed by atoms with Crippen LogP contribution in [0.2, 0.25) is 0 Å². The van der Waals surface area contributed by atoms with E-state index in [0.717, 1.165) is 37.3 Å². The number of hydrogen-bond donors (Lipinski definition) is 0. The Kier molecular flexibility index (Phi) is 8.67. The molecule has 1 aliphatic heterocycles. The molecule has 1 saturated carbocycles. The van der Waals surface area contributed by atoms with Gasteiger partial charge in [-0.25, -0.2) is 4.39 Å². The molecule has 0 bridgehead atoms. The lowest BCUT2D eigenvalue weighted by Gasteiger charge is -2.39. The summed E-state index contributed by atoms with van der Waals surface area (Å²) in [6.07, 6.45) is 4.92. The fourth-order valence-electron chi connectivity index (χ4n) is 3.98. The van der Waals surface area contributed by atoms with Gasteiger partial charge in [0.15, 0.2) is 5.78 Å². The summed E-state index contributed by atoms with van der Waals surface area (Å²) in [7, 11) is 0. The first kappa shape index (κ1) is 24.4. The van der Waals surface area contributed by atoms with Gasteiger partial charge in [-0.2, -0.15) is 11.8 Å². The van der Waals surface area contributed by atoms with E-state index in [0.29, 0.717) is 23.3 Å². The summed E-state index contributed by atoms with van der Waals surface area (Å²) in [6.45, 7) is 5.92. The van der Waals surface area contributed by atoms with Crippen LogP contribution in [0.5, 0.6) is 0 Å². The van der Waals surface area contributed by atoms with E-state index in [2.05, 4.69) is 34.4 Å². The average Bonchev–Trinajstić information content (AvgIpc) is 3.46. The minimum absolute atomic E-state index is 0. The largest absolute Gasteiger partial charge is 0.297 e. The summed E-state index contributed by atoms with van der Waals surface area (Å²) in [5.74, 6) is 1.68. The van der Waals surface area contributed by atoms with Gasteiger partial charge in [-0.15, -0.1) is 17.5 Å². The number of hydrogen-bond acceptors (Lipinski definition) is 6. The molecule has 2 atom stereocenters. The molecule has 0 amide bonds. The zero-order valence-corrected chi connectivity index (χ0v) is 20.3. The molecule has 0 N–H and O–H groups in total. The number of nitrogens with zero attached hydrogens (tertiary/aromatic N) is 3. The number of thioether (sulfide) groups is 1. The highest BCUT2D eigenvalue weighted by Gasteiger charge is 2.41. The van der Waals surface area contributed by atoms with Gasteiger partial charge < -0.3 is 0 Å². The van der Waals surface area contributed by atoms with Crippen molar-refractivity contribution < 1.29 is 9.18 Å². The average molecular weight is 482 g/mol. The van der Waals surface area contributed by atoms with E-state index in [1.54, 1.807) is 12.1 Å². The van der Waals surface area contributed by atoms with Gasteiger partial charge in [0.25, 0.3) is 0 Å². The van der Waals surface area contributed by atoms with Crippen molar-refractivity contribution in [2.75, 3.05) is 18.8 Å². The standard InChI is InChI=1S/C23H28FN3OS2.ClH/c1-15(2)13-29-21-9-10-27(12-17(21)11-18-14-30-26-25-18)22(23(28)16-7-8-16)19-5-3-4-6-20(19)24;/h3-6,11,14-16,21-22H,7-10,12-13H2,1-2H3;1H/b17-11+;. The Morgan fingerprint density at radius 2 is 2.10 bits per heavy atom. The molecule has 2 aromatic rings. The molecule has 2 fully saturated rings. The van der Waals surface area contributed by atoms with Crippen LogP contribution in [0, 0.1) is 17.7 Å². The van der Waals surface area contributed by atoms with E-state index in [1.165, 1.54) is 23.2 Å². The third-order valence-electron chi connectivity index (χ3n) is 5.63. The molecule has 4 rings (SSSR count). The number of benzene rings is 1. The number of likely N-dealkylation sites (tertiary alicyclic amines) is 1. The Balaban J connectivity index is 0.00000272. The molecular weight excluding hydrogens is 453 g/mol. The van der Waals surface area contributed by atoms with Crippen molar-refractivity contribution in [1.82, 2.24) is 14.5 Å². The van der Waals surface area contributed by atoms with E-state index in [4.69, 9.17) is 0 Å². The van der Waals surface area contributed by atoms with Crippen molar-refractivity contribution in [2.24, 2.45) is 11.8 Å². The molecule has 1 aliphatic carbocycles. The molecule has 8 heteroatoms. The minimum atomic E-state index is -0.508. The molecule has 168 valence electrons. The first-order valence-electron chi connectivity index (χ1n) is 10.6. The molecular formula is C23H29ClFN3OS2. The van der Waals surface area contributed by atoms with Gasteiger partial charge in [0, 0.05) is 35.2 Å². The van der Waals surface area contributed by atoms with E-state index < -0.39 is 6.04 Å². The van der Waals surface area contributed by atoms with Crippen LogP contribution in [0.3, 0.4) is 0 Å². The number of carbonyl (C=O) groups excluding carboxylic acids is 1. The molecule has 2 heterocycles. The van der Waals surface area contributed by atoms with E-state index >= 15 is 0 Å². The Hall–Kier alpha value is -1.28. The predicted octanol–water partition coefficient (Wildman–Crippen LogP) is 5.67. The van der Waals surface area contributed by atoms with Crippen molar-refractivity contribution in [3.8, 4) is 0 Å². The number of Topliss-reactive ketones (excluding diaryl/α,β-unsaturated/α-hetero) is 1. The highest BCUT2D eigenvalue weighted by Crippen LogP contribution is 2.40. The van der Waals surface area contributed by atoms with Crippen molar-refractivity contribution in [2.45, 2.75) is 44.4 Å². The second-order valence-electron chi connectivity index (χ2n) is 8.62. The Morgan fingerprint density at radius 1 is 1.32 bits per heavy atom. The topological polar surface area (TPSA) is 46.1 Å². The number of ketones is 1. The zero-order chi connectivity index (χ0) is 21.1. The van der Waals surface area contributed by atoms with E-state index in [1.807, 2.05) is 23.2 Å². The maximum atomic E-state index is 14.7. The monoisotopic (exact) mass is 481 g/mol. The number of piperidine rings is 1. The smallest absolute Gasteiger partial charge is 0.157 e. The fourth-order valence-corrected chi connectivity index (χ4v) is 5.64. The maximum Gasteiger partial charge on any atom is 0.157 e. The molecule has 2 unspecified atom stereocenters. The summed E-state index contributed by atoms with van der Waals surface area (Å²) < 4.78 is 18.7. The summed E-state index contributed by atoms with van der Waals surface area (Å²) in [6, 6.07) is 6.24. The van der Waals surface area contributed by atoms with Crippen molar-refractivity contribution >= 4 is 47.6 Å². The second kappa shape index (κ2) is 11.0. The van der Waals surface area contributed by atoms with Crippen LogP contribution in [-0.2, 0) is 4.79 Å². The summed E-state index contributed by atoms with van der Waals surface area (Å²) >= 11 is 3.32. The first-order chi connectivity index (χ1) is 14.5. The van der Waals surface area contributed by atoms with Gasteiger partial charge >= 0.3 is 0 Å². The van der Waals surface area contributed by atoms with Crippen LogP contribution in [0.4, 0.5) is 4.39 Å². The van der Waals surface area contributed by atoms with Crippen molar-refractivity contribution in [1.29, 1.82) is 0 Å². The van der Waals surface area contributed by atoms with Crippen LogP contribution in [0.15, 0.2) is 35.2 Å². The normalized spacial score (nSPS) is 21.8. The third-order valence-corrected chi connectivity index (χ3v) is 7.96. The molecule has 1 aromatic carbocycles. The maximum absolute atomic E-state index is 14.7. The van der Waals surface area contributed by atoms with Crippen molar-refractivity contribution in [3.63, 3.8) is 0 Å². The quantitative estimate of drug-likeness (QED) is 0.486. The number of carbonyl (C=O) groups is 1. The summed E-state index contributed by atoms with van der Waals surface area (Å²) in [4.78, 5) is 15.4. The lowest BCUT2D eigenvalue weighted by molar-refractivity contribution is -0.126. The van der Waals surface area contributed by atoms with Gasteiger partial charge in [0.1, 0.15) is 5.82 Å². The first-order valence-corrected chi connectivity index (χ1v) is 12.5. The van der Waals surface area contributed by atoms with Crippen LogP contribution >= 0.6 is 35.7 Å². The lowest BCUT2D eigenvalue weighted by atomic mass is 9.93. The van der Waals surface area contributed by atoms with Gasteiger partial charge in [-0.05, 0) is 60.2 Å². The SMILES string of the molecule is CC(C)CSC1CCN(C(C(=O)C2CC2)c2ccccc2F)C/C1=C\c1csnn1.Cl. The fraction of sp³-hybridized carbons (Fsp3) is 0.522. The van der Waals surface area contributed by atoms with Gasteiger partial charge in [0.2, 0.25) is 0 Å². The third kappa shape index (κ3) is 6.15. The molecule has 2 aliphatic rings. The Labute approximate surface area is 198 Å². The highest BCUT2D eigenvalue weighted by atomic mass is 35.5. The van der Waals surface area contributed by atoms with Crippen LogP contribution in [0.25, 0.3) is 6.08 Å². The predicted molar refractivity (Wildman–Crippen MR) is 129 cm³/mol. The molecule has 0 spiro atoms. The van der Waals surface area contributed by atoms with Crippen LogP contribution in [0.1, 0.15) is 50.4 Å². The molecule has 4 nitrogen and oxygen atoms in total. The van der Waals surface area contributed by atoms with Crippen LogP contribution < -0.4 is 0 Å². The molecule has 1 saturated heterocycles. The second-order valence-corrected chi connectivity index (χ2v) is 10.5. The summed E-state index contributed by atoms with van der Waals surface area (Å²) in [5, 5.41) is 6.53. The van der Waals surface area contributed by atoms with Gasteiger partial charge in [-0.3, -0.25) is 9.69 Å². The Bertz CT molecular complexity index is 902. The van der Waals surface area contributed by atoms with Gasteiger partial charge in [-0.1, -0.05) is 36.5 Å². The van der Waals surface area contributed by atoms with Gasteiger partial charge in [0.05, 0.1) is 11.7 Å². The number of aromatic nitrogens is 2. The number of rotatable bonds is 8. The molecule has 31 heavy (non-hydrogen) atoms. The zero-order valence-electron chi connectivity index (χ0n) is 17.9. The van der Waals surface area contributed by atoms with Crippen molar-refractivity contribution in [3.05, 3.63) is 52.3 Å². The minimum Gasteiger partial charge on any atom is -0.297 e. The van der Waals surface area contributed by atoms with Crippen LogP contribution in [-0.4, -0.2) is 44.4 Å². The van der Waals surface area contributed by atoms with E-state index in [9.17, 15) is 9.18 Å². The molecule has 1 aromatic heterocycles. The number of halogens is 2. The molecule has 0 radical (unpaired) electrons.